The van der Waals surface area contributed by atoms with Gasteiger partial charge in [0.2, 0.25) is 0 Å². The van der Waals surface area contributed by atoms with Crippen LogP contribution in [-0.4, -0.2) is 66.5 Å². The van der Waals surface area contributed by atoms with E-state index in [1.54, 1.807) is 6.08 Å². The lowest BCUT2D eigenvalue weighted by Crippen LogP contribution is -2.30. The number of ether oxygens (including phenoxy) is 3. The van der Waals surface area contributed by atoms with Crippen molar-refractivity contribution < 1.29 is 52.2 Å². The van der Waals surface area contributed by atoms with Crippen molar-refractivity contribution in [2.45, 2.75) is 290 Å². The third kappa shape index (κ3) is 59.0. The van der Waals surface area contributed by atoms with Gasteiger partial charge in [-0.2, -0.15) is 0 Å². The zero-order valence-corrected chi connectivity index (χ0v) is 51.9. The molecule has 0 rings (SSSR count). The molecule has 3 unspecified atom stereocenters. The first-order chi connectivity index (χ1) is 39.2. The Morgan fingerprint density at radius 3 is 1.10 bits per heavy atom. The maximum Gasteiger partial charge on any atom is 0.472 e. The van der Waals surface area contributed by atoms with Gasteiger partial charge in [-0.25, -0.2) is 4.57 Å². The smallest absolute Gasteiger partial charge is 0.461 e. The Morgan fingerprint density at radius 2 is 0.688 bits per heavy atom. The minimum Gasteiger partial charge on any atom is -0.461 e. The van der Waals surface area contributed by atoms with Crippen molar-refractivity contribution in [1.82, 2.24) is 0 Å². The van der Waals surface area contributed by atoms with Crippen LogP contribution in [0.4, 0.5) is 0 Å². The summed E-state index contributed by atoms with van der Waals surface area (Å²) >= 11 is 0. The molecule has 2 N–H and O–H groups in total. The van der Waals surface area contributed by atoms with Gasteiger partial charge in [-0.05, 0) is 103 Å². The van der Waals surface area contributed by atoms with Crippen LogP contribution in [0.1, 0.15) is 278 Å². The van der Waals surface area contributed by atoms with Gasteiger partial charge in [-0.3, -0.25) is 23.4 Å². The van der Waals surface area contributed by atoms with E-state index in [0.29, 0.717) is 19.3 Å². The molecule has 0 saturated carbocycles. The molecule has 0 fully saturated rings. The summed E-state index contributed by atoms with van der Waals surface area (Å²) in [6.07, 6.45) is 73.9. The van der Waals surface area contributed by atoms with Crippen molar-refractivity contribution in [2.75, 3.05) is 26.4 Å². The highest BCUT2D eigenvalue weighted by Gasteiger charge is 2.28. The summed E-state index contributed by atoms with van der Waals surface area (Å²) in [4.78, 5) is 48.7. The zero-order valence-electron chi connectivity index (χ0n) is 51.0. The van der Waals surface area contributed by atoms with Crippen molar-refractivity contribution in [3.05, 3.63) is 97.2 Å². The van der Waals surface area contributed by atoms with Gasteiger partial charge in [0.15, 0.2) is 6.10 Å². The molecule has 0 aromatic carbocycles. The quantitative estimate of drug-likeness (QED) is 0.0197. The summed E-state index contributed by atoms with van der Waals surface area (Å²) < 4.78 is 39.6. The van der Waals surface area contributed by atoms with Crippen LogP contribution in [0, 0.1) is 0 Å². The number of carbonyl (C=O) groups is 3. The minimum atomic E-state index is -4.78. The molecule has 0 radical (unpaired) electrons. The van der Waals surface area contributed by atoms with Gasteiger partial charge in [-0.1, -0.05) is 253 Å². The lowest BCUT2D eigenvalue weighted by molar-refractivity contribution is -0.161. The summed E-state index contributed by atoms with van der Waals surface area (Å²) in [5, 5.41) is 9.86. The van der Waals surface area contributed by atoms with E-state index < -0.39 is 64.4 Å². The molecule has 0 spiro atoms. The van der Waals surface area contributed by atoms with Gasteiger partial charge in [0.1, 0.15) is 12.7 Å². The Labute approximate surface area is 489 Å². The molecule has 0 aliphatic rings. The monoisotopic (exact) mass is 1140 g/mol. The highest BCUT2D eigenvalue weighted by atomic mass is 31.2. The summed E-state index contributed by atoms with van der Waals surface area (Å²) in [5.74, 6) is -1.62. The second kappa shape index (κ2) is 61.5. The first-order valence-electron chi connectivity index (χ1n) is 32.1. The Kier molecular flexibility index (Phi) is 58.7. The highest BCUT2D eigenvalue weighted by Crippen LogP contribution is 2.43. The maximum atomic E-state index is 12.9. The van der Waals surface area contributed by atoms with Crippen molar-refractivity contribution >= 4 is 25.7 Å². The van der Waals surface area contributed by atoms with Crippen LogP contribution in [0.25, 0.3) is 0 Å². The molecular weight excluding hydrogens is 1020 g/mol. The minimum absolute atomic E-state index is 0.00929. The van der Waals surface area contributed by atoms with E-state index in [1.165, 1.54) is 135 Å². The SMILES string of the molecule is CC/C=C\C/C=C\C/C=C\C/C=C\C/C=C\CC(=O)OCC(COP(=O)(O)OCC(CO)OC(=O)CCCCCCCCCCC/C=C\CCCCCCCC)OC(=O)CCCCCCCCCCC/C=C\C/C=C\CCCCC. The summed E-state index contributed by atoms with van der Waals surface area (Å²) in [5.41, 5.74) is 0. The lowest BCUT2D eigenvalue weighted by Gasteiger charge is -2.21. The third-order valence-electron chi connectivity index (χ3n) is 13.5. The lowest BCUT2D eigenvalue weighted by atomic mass is 10.1. The Hall–Kier alpha value is -3.60. The number of aliphatic hydroxyl groups excluding tert-OH is 1. The predicted molar refractivity (Wildman–Crippen MR) is 334 cm³/mol. The number of phosphoric ester groups is 1. The maximum absolute atomic E-state index is 12.9. The third-order valence-corrected chi connectivity index (χ3v) is 14.4. The fourth-order valence-corrected chi connectivity index (χ4v) is 9.42. The number of aliphatic hydroxyl groups is 1. The summed E-state index contributed by atoms with van der Waals surface area (Å²) in [6.45, 7) is 4.42. The molecule has 12 heteroatoms. The summed E-state index contributed by atoms with van der Waals surface area (Å²) in [6, 6.07) is 0. The average Bonchev–Trinajstić information content (AvgIpc) is 3.45. The van der Waals surface area contributed by atoms with Gasteiger partial charge in [0, 0.05) is 12.8 Å². The number of allylic oxidation sites excluding steroid dienone is 15. The van der Waals surface area contributed by atoms with Crippen molar-refractivity contribution in [3.8, 4) is 0 Å². The van der Waals surface area contributed by atoms with Gasteiger partial charge >= 0.3 is 25.7 Å². The van der Waals surface area contributed by atoms with E-state index in [9.17, 15) is 28.9 Å². The Bertz CT molecular complexity index is 1710. The normalized spacial score (nSPS) is 13.9. The van der Waals surface area contributed by atoms with Crippen LogP contribution in [-0.2, 0) is 42.2 Å². The van der Waals surface area contributed by atoms with E-state index in [0.717, 1.165) is 83.5 Å². The first kappa shape index (κ1) is 76.4. The van der Waals surface area contributed by atoms with E-state index in [1.807, 2.05) is 12.2 Å². The van der Waals surface area contributed by atoms with Gasteiger partial charge in [-0.15, -0.1) is 0 Å². The van der Waals surface area contributed by atoms with Gasteiger partial charge < -0.3 is 24.2 Å². The molecule has 80 heavy (non-hydrogen) atoms. The predicted octanol–water partition coefficient (Wildman–Crippen LogP) is 19.6. The van der Waals surface area contributed by atoms with Crippen molar-refractivity contribution in [1.29, 1.82) is 0 Å². The number of phosphoric acid groups is 1. The highest BCUT2D eigenvalue weighted by molar-refractivity contribution is 7.47. The number of hydrogen-bond donors (Lipinski definition) is 2. The molecule has 0 heterocycles. The molecule has 0 aliphatic carbocycles. The molecule has 0 aliphatic heterocycles. The van der Waals surface area contributed by atoms with Gasteiger partial charge in [0.05, 0.1) is 26.2 Å². The van der Waals surface area contributed by atoms with Gasteiger partial charge in [0.25, 0.3) is 0 Å². The molecule has 0 aromatic heterocycles. The molecule has 0 aromatic rings. The number of unbranched alkanes of at least 4 members (excludes halogenated alkanes) is 27. The molecule has 11 nitrogen and oxygen atoms in total. The first-order valence-corrected chi connectivity index (χ1v) is 33.6. The summed E-state index contributed by atoms with van der Waals surface area (Å²) in [7, 11) is -4.78. The van der Waals surface area contributed by atoms with E-state index in [2.05, 4.69) is 99.8 Å². The van der Waals surface area contributed by atoms with Crippen LogP contribution in [0.5, 0.6) is 0 Å². The largest absolute Gasteiger partial charge is 0.472 e. The number of carbonyl (C=O) groups excluding carboxylic acids is 3. The fraction of sp³-hybridized carbons (Fsp3) is 0.721. The second-order valence-electron chi connectivity index (χ2n) is 21.2. The Balaban J connectivity index is 4.75. The van der Waals surface area contributed by atoms with E-state index in [4.69, 9.17) is 23.3 Å². The standard InChI is InChI=1S/C68H117O11P/c1-4-7-10-13-16-19-22-25-28-30-32-34-37-40-43-46-49-52-55-58-67(71)78-64(60-69)62-76-80(73,74)77-63-65(61-75-66(70)57-54-51-48-45-42-39-36-27-24-21-18-15-12-9-6-3)79-68(72)59-56-53-50-47-44-41-38-35-33-31-29-26-23-20-17-14-11-8-5-2/h9,12,17-18,20-21,25-29,36,42,45,51,54,64-65,69H,4-8,10-11,13-16,19,22-24,30-35,37-41,43-44,46-50,52-53,55-63H2,1-3H3,(H,73,74)/b12-9-,20-17-,21-18-,28-25-,29-26-,36-27-,45-42-,54-51-. The van der Waals surface area contributed by atoms with Crippen LogP contribution in [0.3, 0.4) is 0 Å². The molecule has 460 valence electrons. The molecule has 3 atom stereocenters. The molecule has 0 bridgehead atoms. The molecule has 0 amide bonds. The van der Waals surface area contributed by atoms with E-state index >= 15 is 0 Å². The van der Waals surface area contributed by atoms with E-state index in [-0.39, 0.29) is 19.3 Å². The zero-order chi connectivity index (χ0) is 58.3. The topological polar surface area (TPSA) is 155 Å². The number of rotatable bonds is 59. The fourth-order valence-electron chi connectivity index (χ4n) is 8.63. The number of hydrogen-bond acceptors (Lipinski definition) is 10. The average molecular weight is 1140 g/mol. The second-order valence-corrected chi connectivity index (χ2v) is 22.7. The van der Waals surface area contributed by atoms with Crippen LogP contribution in [0.15, 0.2) is 97.2 Å². The van der Waals surface area contributed by atoms with Crippen LogP contribution in [0.2, 0.25) is 0 Å². The van der Waals surface area contributed by atoms with Crippen molar-refractivity contribution in [3.63, 3.8) is 0 Å². The van der Waals surface area contributed by atoms with Crippen molar-refractivity contribution in [2.24, 2.45) is 0 Å². The molecular formula is C68H117O11P. The Morgan fingerprint density at radius 1 is 0.375 bits per heavy atom. The van der Waals surface area contributed by atoms with Crippen LogP contribution < -0.4 is 0 Å². The number of esters is 3. The molecule has 0 saturated heterocycles. The van der Waals surface area contributed by atoms with Crippen LogP contribution >= 0.6 is 7.82 Å².